The van der Waals surface area contributed by atoms with Crippen molar-refractivity contribution < 1.29 is 28.3 Å². The lowest BCUT2D eigenvalue weighted by molar-refractivity contribution is -0.115. The normalized spacial score (nSPS) is 11.0. The Morgan fingerprint density at radius 3 is 2.16 bits per heavy atom. The van der Waals surface area contributed by atoms with Gasteiger partial charge in [-0.25, -0.2) is 4.79 Å². The second kappa shape index (κ2) is 9.59. The van der Waals surface area contributed by atoms with E-state index in [2.05, 4.69) is 31.4 Å². The fourth-order valence-corrected chi connectivity index (χ4v) is 3.01. The van der Waals surface area contributed by atoms with E-state index in [0.29, 0.717) is 5.56 Å². The van der Waals surface area contributed by atoms with Gasteiger partial charge in [-0.15, -0.1) is 0 Å². The van der Waals surface area contributed by atoms with Gasteiger partial charge in [-0.2, -0.15) is 0 Å². The summed E-state index contributed by atoms with van der Waals surface area (Å²) in [6, 6.07) is 7.13. The molecule has 2 rings (SSSR count). The van der Waals surface area contributed by atoms with Crippen LogP contribution in [0.4, 0.5) is 5.88 Å². The van der Waals surface area contributed by atoms with Gasteiger partial charge in [0.1, 0.15) is 11.3 Å². The highest BCUT2D eigenvalue weighted by Gasteiger charge is 2.28. The van der Waals surface area contributed by atoms with E-state index in [1.165, 1.54) is 13.8 Å². The Labute approximate surface area is 181 Å². The van der Waals surface area contributed by atoms with Crippen molar-refractivity contribution >= 4 is 29.5 Å². The van der Waals surface area contributed by atoms with Crippen molar-refractivity contribution in [2.75, 3.05) is 18.5 Å². The molecule has 0 spiro atoms. The minimum atomic E-state index is -0.775. The maximum atomic E-state index is 12.3. The molecule has 2 amide bonds. The second-order valence-electron chi connectivity index (χ2n) is 8.07. The summed E-state index contributed by atoms with van der Waals surface area (Å²) in [5, 5.41) is 4.95. The van der Waals surface area contributed by atoms with Crippen molar-refractivity contribution in [2.24, 2.45) is 0 Å². The number of nitrogens with one attached hydrogen (secondary N) is 2. The molecule has 2 aromatic rings. The number of aryl methyl sites for hydroxylation is 1. The molecule has 1 aromatic carbocycles. The van der Waals surface area contributed by atoms with E-state index >= 15 is 0 Å². The van der Waals surface area contributed by atoms with Gasteiger partial charge in [0.05, 0.1) is 18.7 Å². The van der Waals surface area contributed by atoms with Crippen LogP contribution in [0.1, 0.15) is 77.0 Å². The molecule has 0 bridgehead atoms. The van der Waals surface area contributed by atoms with Crippen molar-refractivity contribution in [3.63, 3.8) is 0 Å². The summed E-state index contributed by atoms with van der Waals surface area (Å²) in [4.78, 5) is 48.9. The molecule has 166 valence electrons. The highest BCUT2D eigenvalue weighted by atomic mass is 16.5. The zero-order chi connectivity index (χ0) is 23.3. The summed E-state index contributed by atoms with van der Waals surface area (Å²) in [6.07, 6.45) is 0. The predicted molar refractivity (Wildman–Crippen MR) is 116 cm³/mol. The van der Waals surface area contributed by atoms with Crippen LogP contribution in [-0.4, -0.2) is 36.7 Å². The summed E-state index contributed by atoms with van der Waals surface area (Å²) in [6.45, 7) is 10.4. The number of ether oxygens (including phenoxy) is 1. The quantitative estimate of drug-likeness (QED) is 0.514. The summed E-state index contributed by atoms with van der Waals surface area (Å²) in [5.74, 6) is -2.20. The molecule has 2 N–H and O–H groups in total. The third-order valence-corrected chi connectivity index (χ3v) is 4.59. The first kappa shape index (κ1) is 23.9. The van der Waals surface area contributed by atoms with Gasteiger partial charge in [0.15, 0.2) is 5.78 Å². The molecule has 0 aliphatic rings. The smallest absolute Gasteiger partial charge is 0.344 e. The van der Waals surface area contributed by atoms with Gasteiger partial charge in [0, 0.05) is 5.56 Å². The Kier molecular flexibility index (Phi) is 7.38. The average Bonchev–Trinajstić information content (AvgIpc) is 3.01. The molecule has 0 aliphatic carbocycles. The van der Waals surface area contributed by atoms with Gasteiger partial charge < -0.3 is 14.5 Å². The number of anilines is 1. The average molecular weight is 428 g/mol. The molecular weight excluding hydrogens is 400 g/mol. The van der Waals surface area contributed by atoms with E-state index < -0.39 is 23.6 Å². The van der Waals surface area contributed by atoms with Crippen LogP contribution in [-0.2, 0) is 14.9 Å². The molecule has 0 atom stereocenters. The van der Waals surface area contributed by atoms with Crippen molar-refractivity contribution in [3.05, 3.63) is 52.3 Å². The zero-order valence-electron chi connectivity index (χ0n) is 18.7. The number of amides is 2. The fourth-order valence-electron chi connectivity index (χ4n) is 3.01. The lowest BCUT2D eigenvalue weighted by atomic mass is 9.87. The summed E-state index contributed by atoms with van der Waals surface area (Å²) < 4.78 is 10.4. The molecule has 0 aliphatic heterocycles. The van der Waals surface area contributed by atoms with Crippen molar-refractivity contribution in [1.29, 1.82) is 0 Å². The molecule has 0 unspecified atom stereocenters. The van der Waals surface area contributed by atoms with Gasteiger partial charge in [0.25, 0.3) is 5.91 Å². The first-order valence-corrected chi connectivity index (χ1v) is 9.95. The summed E-state index contributed by atoms with van der Waals surface area (Å²) >= 11 is 0. The molecule has 31 heavy (non-hydrogen) atoms. The van der Waals surface area contributed by atoms with Crippen LogP contribution in [0.5, 0.6) is 0 Å². The van der Waals surface area contributed by atoms with Gasteiger partial charge in [0.2, 0.25) is 11.8 Å². The minimum Gasteiger partial charge on any atom is -0.462 e. The Morgan fingerprint density at radius 1 is 1.03 bits per heavy atom. The standard InChI is InChI=1S/C23H28N2O6/c1-7-30-22(29)19-18(13(2)26)14(3)31-21(19)25-17(27)12-24-20(28)15-8-10-16(11-9-15)23(4,5)6/h8-11H,7,12H2,1-6H3,(H,24,28)(H,25,27). The largest absolute Gasteiger partial charge is 0.462 e. The van der Waals surface area contributed by atoms with E-state index in [9.17, 15) is 19.2 Å². The number of ketones is 1. The van der Waals surface area contributed by atoms with Gasteiger partial charge >= 0.3 is 5.97 Å². The second-order valence-corrected chi connectivity index (χ2v) is 8.07. The fraction of sp³-hybridized carbons (Fsp3) is 0.391. The molecule has 8 nitrogen and oxygen atoms in total. The number of esters is 1. The highest BCUT2D eigenvalue weighted by Crippen LogP contribution is 2.28. The number of furan rings is 1. The van der Waals surface area contributed by atoms with Crippen LogP contribution in [0.3, 0.4) is 0 Å². The first-order valence-electron chi connectivity index (χ1n) is 9.95. The monoisotopic (exact) mass is 428 g/mol. The molecule has 8 heteroatoms. The van der Waals surface area contributed by atoms with Crippen molar-refractivity contribution in [2.45, 2.75) is 47.0 Å². The molecule has 0 fully saturated rings. The number of hydrogen-bond acceptors (Lipinski definition) is 6. The molecule has 0 radical (unpaired) electrons. The maximum absolute atomic E-state index is 12.3. The lowest BCUT2D eigenvalue weighted by Gasteiger charge is -2.19. The van der Waals surface area contributed by atoms with E-state index in [-0.39, 0.29) is 41.3 Å². The van der Waals surface area contributed by atoms with Crippen LogP contribution < -0.4 is 10.6 Å². The number of benzene rings is 1. The summed E-state index contributed by atoms with van der Waals surface area (Å²) in [7, 11) is 0. The first-order chi connectivity index (χ1) is 14.5. The number of hydrogen-bond donors (Lipinski definition) is 2. The molecule has 1 aromatic heterocycles. The van der Waals surface area contributed by atoms with E-state index in [1.54, 1.807) is 19.1 Å². The number of Topliss-reactive ketones (excluding diaryl/α,β-unsaturated/α-hetero) is 1. The van der Waals surface area contributed by atoms with E-state index in [1.807, 2.05) is 12.1 Å². The van der Waals surface area contributed by atoms with Gasteiger partial charge in [-0.1, -0.05) is 32.9 Å². The number of carbonyl (C=O) groups excluding carboxylic acids is 4. The Morgan fingerprint density at radius 2 is 1.65 bits per heavy atom. The summed E-state index contributed by atoms with van der Waals surface area (Å²) in [5.41, 5.74) is 1.38. The highest BCUT2D eigenvalue weighted by molar-refractivity contribution is 6.11. The third-order valence-electron chi connectivity index (χ3n) is 4.59. The number of rotatable bonds is 7. The number of carbonyl (C=O) groups is 4. The van der Waals surface area contributed by atoms with Gasteiger partial charge in [-0.3, -0.25) is 19.7 Å². The Bertz CT molecular complexity index is 996. The van der Waals surface area contributed by atoms with Gasteiger partial charge in [-0.05, 0) is 43.9 Å². The Hall–Kier alpha value is -3.42. The molecule has 0 saturated carbocycles. The van der Waals surface area contributed by atoms with Crippen LogP contribution in [0.2, 0.25) is 0 Å². The van der Waals surface area contributed by atoms with Crippen LogP contribution in [0, 0.1) is 6.92 Å². The topological polar surface area (TPSA) is 115 Å². The van der Waals surface area contributed by atoms with Crippen LogP contribution in [0.25, 0.3) is 0 Å². The minimum absolute atomic E-state index is 0.0363. The molecule has 0 saturated heterocycles. The van der Waals surface area contributed by atoms with Crippen molar-refractivity contribution in [3.8, 4) is 0 Å². The predicted octanol–water partition coefficient (Wildman–Crippen LogP) is 3.63. The maximum Gasteiger partial charge on any atom is 0.344 e. The van der Waals surface area contributed by atoms with E-state index in [0.717, 1.165) is 5.56 Å². The zero-order valence-corrected chi connectivity index (χ0v) is 18.7. The third kappa shape index (κ3) is 5.81. The van der Waals surface area contributed by atoms with E-state index in [4.69, 9.17) is 9.15 Å². The SMILES string of the molecule is CCOC(=O)c1c(NC(=O)CNC(=O)c2ccc(C(C)(C)C)cc2)oc(C)c1C(C)=O. The van der Waals surface area contributed by atoms with Crippen LogP contribution in [0.15, 0.2) is 28.7 Å². The Balaban J connectivity index is 2.09. The molecule has 1 heterocycles. The lowest BCUT2D eigenvalue weighted by Crippen LogP contribution is -2.33. The van der Waals surface area contributed by atoms with Crippen LogP contribution >= 0.6 is 0 Å². The van der Waals surface area contributed by atoms with Crippen molar-refractivity contribution in [1.82, 2.24) is 5.32 Å². The molecular formula is C23H28N2O6.